The van der Waals surface area contributed by atoms with E-state index < -0.39 is 11.7 Å². The van der Waals surface area contributed by atoms with Crippen molar-refractivity contribution in [3.8, 4) is 0 Å². The van der Waals surface area contributed by atoms with Crippen molar-refractivity contribution in [2.45, 2.75) is 32.9 Å². The van der Waals surface area contributed by atoms with Crippen molar-refractivity contribution in [2.75, 3.05) is 20.1 Å². The number of alkyl halides is 3. The van der Waals surface area contributed by atoms with Crippen molar-refractivity contribution >= 4 is 29.9 Å². The smallest absolute Gasteiger partial charge is 0.356 e. The molecule has 1 aromatic carbocycles. The van der Waals surface area contributed by atoms with Gasteiger partial charge in [0.05, 0.1) is 11.3 Å². The third-order valence-corrected chi connectivity index (χ3v) is 4.54. The first-order valence-corrected chi connectivity index (χ1v) is 8.82. The van der Waals surface area contributed by atoms with Crippen LogP contribution in [0.3, 0.4) is 0 Å². The number of hydrogen-bond acceptors (Lipinski definition) is 2. The lowest BCUT2D eigenvalue weighted by Gasteiger charge is -2.12. The van der Waals surface area contributed by atoms with E-state index >= 15 is 0 Å². The van der Waals surface area contributed by atoms with Gasteiger partial charge < -0.3 is 10.6 Å². The number of aryl methyl sites for hydroxylation is 2. The van der Waals surface area contributed by atoms with Crippen LogP contribution in [0.15, 0.2) is 29.3 Å². The number of benzene rings is 1. The lowest BCUT2D eigenvalue weighted by atomic mass is 10.1. The number of aromatic nitrogens is 2. The average molecular weight is 509 g/mol. The van der Waals surface area contributed by atoms with E-state index in [9.17, 15) is 13.2 Å². The number of nitrogens with zero attached hydrogens (tertiary/aromatic N) is 3. The van der Waals surface area contributed by atoms with Crippen LogP contribution in [0.4, 0.5) is 13.2 Å². The zero-order chi connectivity index (χ0) is 20.0. The summed E-state index contributed by atoms with van der Waals surface area (Å²) < 4.78 is 39.6. The average Bonchev–Trinajstić information content (AvgIpc) is 2.86. The fraction of sp³-hybridized carbons (Fsp3) is 0.474. The van der Waals surface area contributed by atoms with Crippen LogP contribution in [0, 0.1) is 13.8 Å². The second-order valence-electron chi connectivity index (χ2n) is 6.39. The van der Waals surface area contributed by atoms with Gasteiger partial charge in [0.1, 0.15) is 0 Å². The quantitative estimate of drug-likeness (QED) is 0.356. The number of rotatable bonds is 6. The molecule has 2 aromatic rings. The van der Waals surface area contributed by atoms with E-state index in [-0.39, 0.29) is 24.0 Å². The molecule has 1 heterocycles. The molecule has 0 bridgehead atoms. The van der Waals surface area contributed by atoms with Crippen LogP contribution in [0.1, 0.15) is 28.1 Å². The zero-order valence-corrected chi connectivity index (χ0v) is 18.9. The van der Waals surface area contributed by atoms with Crippen LogP contribution in [-0.2, 0) is 26.1 Å². The van der Waals surface area contributed by atoms with Gasteiger partial charge in [-0.05, 0) is 49.9 Å². The summed E-state index contributed by atoms with van der Waals surface area (Å²) >= 11 is 0. The van der Waals surface area contributed by atoms with Crippen LogP contribution >= 0.6 is 24.0 Å². The van der Waals surface area contributed by atoms with Crippen LogP contribution in [0.2, 0.25) is 0 Å². The number of nitrogens with one attached hydrogen (secondary N) is 2. The van der Waals surface area contributed by atoms with Crippen molar-refractivity contribution in [2.24, 2.45) is 12.0 Å². The normalized spacial score (nSPS) is 11.9. The molecule has 2 rings (SSSR count). The maximum Gasteiger partial charge on any atom is 0.416 e. The van der Waals surface area contributed by atoms with Crippen molar-refractivity contribution < 1.29 is 13.2 Å². The molecule has 0 unspecified atom stereocenters. The van der Waals surface area contributed by atoms with Crippen LogP contribution in [-0.4, -0.2) is 35.9 Å². The van der Waals surface area contributed by atoms with Crippen molar-refractivity contribution in [3.63, 3.8) is 0 Å². The molecular formula is C19H27F3IN5. The molecule has 0 atom stereocenters. The second-order valence-corrected chi connectivity index (χ2v) is 6.39. The second kappa shape index (κ2) is 10.7. The van der Waals surface area contributed by atoms with E-state index in [4.69, 9.17) is 0 Å². The van der Waals surface area contributed by atoms with Gasteiger partial charge in [0.25, 0.3) is 0 Å². The minimum atomic E-state index is -4.30. The lowest BCUT2D eigenvalue weighted by molar-refractivity contribution is -0.137. The SMILES string of the molecule is CN=C(NCCc1ccc(C(F)(F)F)cc1)NCCc1c(C)nn(C)c1C.I. The highest BCUT2D eigenvalue weighted by Gasteiger charge is 2.29. The van der Waals surface area contributed by atoms with E-state index in [1.807, 2.05) is 25.6 Å². The Labute approximate surface area is 180 Å². The maximum absolute atomic E-state index is 12.6. The Hall–Kier alpha value is -1.78. The molecule has 0 saturated carbocycles. The standard InChI is InChI=1S/C19H26F3N5.HI/c1-13-17(14(2)27(4)26-13)10-12-25-18(23-3)24-11-9-15-5-7-16(8-6-15)19(20,21)22;/h5-8H,9-12H2,1-4H3,(H2,23,24,25);1H. The topological polar surface area (TPSA) is 54.2 Å². The summed E-state index contributed by atoms with van der Waals surface area (Å²) in [6, 6.07) is 5.24. The molecule has 1 aromatic heterocycles. The molecule has 0 spiro atoms. The van der Waals surface area contributed by atoms with Gasteiger partial charge in [-0.2, -0.15) is 18.3 Å². The number of guanidine groups is 1. The summed E-state index contributed by atoms with van der Waals surface area (Å²) in [5.41, 5.74) is 3.62. The summed E-state index contributed by atoms with van der Waals surface area (Å²) in [6.45, 7) is 5.34. The highest BCUT2D eigenvalue weighted by Crippen LogP contribution is 2.29. The molecule has 0 fully saturated rings. The first-order chi connectivity index (χ1) is 12.7. The molecular weight excluding hydrogens is 482 g/mol. The van der Waals surface area contributed by atoms with Crippen molar-refractivity contribution in [3.05, 3.63) is 52.3 Å². The van der Waals surface area contributed by atoms with E-state index in [0.29, 0.717) is 25.5 Å². The summed E-state index contributed by atoms with van der Waals surface area (Å²) in [4.78, 5) is 4.17. The molecule has 0 aliphatic rings. The lowest BCUT2D eigenvalue weighted by Crippen LogP contribution is -2.39. The Morgan fingerprint density at radius 2 is 1.64 bits per heavy atom. The number of halogens is 4. The fourth-order valence-electron chi connectivity index (χ4n) is 2.89. The third kappa shape index (κ3) is 6.68. The summed E-state index contributed by atoms with van der Waals surface area (Å²) in [6.07, 6.45) is -2.85. The predicted molar refractivity (Wildman–Crippen MR) is 116 cm³/mol. The van der Waals surface area contributed by atoms with E-state index in [2.05, 4.69) is 20.7 Å². The first-order valence-electron chi connectivity index (χ1n) is 8.82. The van der Waals surface area contributed by atoms with Gasteiger partial charge in [0.15, 0.2) is 5.96 Å². The Bertz CT molecular complexity index is 782. The number of hydrogen-bond donors (Lipinski definition) is 2. The van der Waals surface area contributed by atoms with Gasteiger partial charge in [0, 0.05) is 32.9 Å². The van der Waals surface area contributed by atoms with Gasteiger partial charge >= 0.3 is 6.18 Å². The van der Waals surface area contributed by atoms with Gasteiger partial charge in [-0.3, -0.25) is 9.67 Å². The Morgan fingerprint density at radius 1 is 1.07 bits per heavy atom. The minimum absolute atomic E-state index is 0. The fourth-order valence-corrected chi connectivity index (χ4v) is 2.89. The third-order valence-electron chi connectivity index (χ3n) is 4.54. The molecule has 0 radical (unpaired) electrons. The highest BCUT2D eigenvalue weighted by atomic mass is 127. The highest BCUT2D eigenvalue weighted by molar-refractivity contribution is 14.0. The van der Waals surface area contributed by atoms with E-state index in [0.717, 1.165) is 35.5 Å². The Kier molecular flexibility index (Phi) is 9.25. The maximum atomic E-state index is 12.6. The van der Waals surface area contributed by atoms with Gasteiger partial charge in [-0.15, -0.1) is 24.0 Å². The summed E-state index contributed by atoms with van der Waals surface area (Å²) in [5, 5.41) is 10.8. The zero-order valence-electron chi connectivity index (χ0n) is 16.5. The molecule has 2 N–H and O–H groups in total. The molecule has 0 aliphatic carbocycles. The van der Waals surface area contributed by atoms with Crippen LogP contribution < -0.4 is 10.6 Å². The van der Waals surface area contributed by atoms with Crippen molar-refractivity contribution in [1.29, 1.82) is 0 Å². The van der Waals surface area contributed by atoms with Crippen LogP contribution in [0.25, 0.3) is 0 Å². The van der Waals surface area contributed by atoms with Crippen LogP contribution in [0.5, 0.6) is 0 Å². The Balaban J connectivity index is 0.00000392. The minimum Gasteiger partial charge on any atom is -0.356 e. The Morgan fingerprint density at radius 3 is 2.11 bits per heavy atom. The van der Waals surface area contributed by atoms with Gasteiger partial charge in [0.2, 0.25) is 0 Å². The van der Waals surface area contributed by atoms with E-state index in [1.54, 1.807) is 7.05 Å². The van der Waals surface area contributed by atoms with E-state index in [1.165, 1.54) is 17.7 Å². The monoisotopic (exact) mass is 509 g/mol. The largest absolute Gasteiger partial charge is 0.416 e. The van der Waals surface area contributed by atoms with Gasteiger partial charge in [-0.1, -0.05) is 12.1 Å². The molecule has 28 heavy (non-hydrogen) atoms. The number of aliphatic imine (C=N–C) groups is 1. The van der Waals surface area contributed by atoms with Gasteiger partial charge in [-0.25, -0.2) is 0 Å². The van der Waals surface area contributed by atoms with Crippen molar-refractivity contribution in [1.82, 2.24) is 20.4 Å². The summed E-state index contributed by atoms with van der Waals surface area (Å²) in [7, 11) is 3.62. The molecule has 0 amide bonds. The molecule has 5 nitrogen and oxygen atoms in total. The first kappa shape index (κ1) is 24.3. The molecule has 156 valence electrons. The molecule has 0 aliphatic heterocycles. The molecule has 9 heteroatoms. The summed E-state index contributed by atoms with van der Waals surface area (Å²) in [5.74, 6) is 0.668. The molecule has 0 saturated heterocycles. The predicted octanol–water partition coefficient (Wildman–Crippen LogP) is 3.62.